The Morgan fingerprint density at radius 2 is 1.93 bits per heavy atom. The third-order valence-electron chi connectivity index (χ3n) is 4.76. The maximum atomic E-state index is 12.2. The fourth-order valence-corrected chi connectivity index (χ4v) is 3.34. The highest BCUT2D eigenvalue weighted by Crippen LogP contribution is 2.27. The minimum absolute atomic E-state index is 0.143. The monoisotopic (exact) mass is 379 g/mol. The Morgan fingerprint density at radius 3 is 2.61 bits per heavy atom. The second-order valence-electron chi connectivity index (χ2n) is 7.07. The molecule has 2 aromatic carbocycles. The molecule has 2 N–H and O–H groups in total. The molecule has 0 atom stereocenters. The Balaban J connectivity index is 1.50. The van der Waals surface area contributed by atoms with Gasteiger partial charge in [0.25, 0.3) is 5.91 Å². The van der Waals surface area contributed by atoms with E-state index in [1.165, 1.54) is 0 Å². The maximum absolute atomic E-state index is 12.2. The molecule has 0 saturated carbocycles. The zero-order valence-electron chi connectivity index (χ0n) is 16.2. The van der Waals surface area contributed by atoms with Crippen LogP contribution in [0, 0.1) is 13.8 Å². The van der Waals surface area contributed by atoms with Gasteiger partial charge in [0.1, 0.15) is 0 Å². The molecule has 0 spiro atoms. The fraction of sp³-hybridized carbons (Fsp3) is 0.318. The molecule has 2 aromatic rings. The van der Waals surface area contributed by atoms with Crippen LogP contribution in [0.2, 0.25) is 0 Å². The second kappa shape index (κ2) is 8.69. The summed E-state index contributed by atoms with van der Waals surface area (Å²) in [6.07, 6.45) is 1.65. The molecule has 146 valence electrons. The van der Waals surface area contributed by atoms with Crippen LogP contribution >= 0.6 is 0 Å². The first-order chi connectivity index (χ1) is 13.4. The van der Waals surface area contributed by atoms with Crippen LogP contribution in [-0.2, 0) is 9.59 Å². The normalized spacial score (nSPS) is 13.5. The van der Waals surface area contributed by atoms with Crippen molar-refractivity contribution in [3.63, 3.8) is 0 Å². The number of carbonyl (C=O) groups excluding carboxylic acids is 3. The number of hydrogen-bond donors (Lipinski definition) is 2. The Morgan fingerprint density at radius 1 is 1.11 bits per heavy atom. The van der Waals surface area contributed by atoms with Gasteiger partial charge in [0.2, 0.25) is 11.8 Å². The zero-order chi connectivity index (χ0) is 20.1. The summed E-state index contributed by atoms with van der Waals surface area (Å²) in [7, 11) is 0. The molecule has 3 amide bonds. The van der Waals surface area contributed by atoms with E-state index in [0.717, 1.165) is 29.8 Å². The van der Waals surface area contributed by atoms with E-state index >= 15 is 0 Å². The molecule has 1 aliphatic heterocycles. The molecule has 0 radical (unpaired) electrons. The lowest BCUT2D eigenvalue weighted by atomic mass is 10.1. The van der Waals surface area contributed by atoms with Crippen LogP contribution in [0.1, 0.15) is 40.7 Å². The van der Waals surface area contributed by atoms with E-state index < -0.39 is 0 Å². The predicted molar refractivity (Wildman–Crippen MR) is 110 cm³/mol. The Hall–Kier alpha value is -3.15. The lowest BCUT2D eigenvalue weighted by molar-refractivity contribution is -0.117. The topological polar surface area (TPSA) is 78.5 Å². The summed E-state index contributed by atoms with van der Waals surface area (Å²) in [5.41, 5.74) is 4.12. The van der Waals surface area contributed by atoms with Crippen LogP contribution in [0.15, 0.2) is 42.5 Å². The van der Waals surface area contributed by atoms with E-state index in [1.807, 2.05) is 44.2 Å². The van der Waals surface area contributed by atoms with E-state index in [0.29, 0.717) is 17.7 Å². The number of nitrogens with zero attached hydrogens (tertiary/aromatic N) is 1. The van der Waals surface area contributed by atoms with Gasteiger partial charge in [-0.05, 0) is 56.2 Å². The largest absolute Gasteiger partial charge is 0.352 e. The van der Waals surface area contributed by atoms with E-state index in [2.05, 4.69) is 10.6 Å². The van der Waals surface area contributed by atoms with Crippen molar-refractivity contribution >= 4 is 29.1 Å². The molecular formula is C22H25N3O3. The summed E-state index contributed by atoms with van der Waals surface area (Å²) in [5.74, 6) is -0.217. The molecule has 0 aromatic heterocycles. The Kier molecular flexibility index (Phi) is 6.09. The highest BCUT2D eigenvalue weighted by Gasteiger charge is 2.23. The third-order valence-corrected chi connectivity index (χ3v) is 4.76. The molecule has 1 heterocycles. The highest BCUT2D eigenvalue weighted by atomic mass is 16.2. The molecule has 0 unspecified atom stereocenters. The molecule has 0 aliphatic carbocycles. The summed E-state index contributed by atoms with van der Waals surface area (Å²) in [5, 5.41) is 5.60. The Bertz CT molecular complexity index is 908. The summed E-state index contributed by atoms with van der Waals surface area (Å²) in [4.78, 5) is 38.0. The standard InChI is InChI=1S/C22H25N3O3/c1-15-5-3-6-17(13-15)22(28)23-11-10-20(26)24-18-8-9-19(16(2)14-18)25-12-4-7-21(25)27/h3,5-6,8-9,13-14H,4,7,10-12H2,1-2H3,(H,23,28)(H,24,26). The lowest BCUT2D eigenvalue weighted by Gasteiger charge is -2.19. The predicted octanol–water partition coefficient (Wildman–Crippen LogP) is 3.19. The maximum Gasteiger partial charge on any atom is 0.251 e. The molecule has 6 nitrogen and oxygen atoms in total. The van der Waals surface area contributed by atoms with Crippen LogP contribution in [0.5, 0.6) is 0 Å². The molecule has 1 fully saturated rings. The minimum atomic E-state index is -0.188. The van der Waals surface area contributed by atoms with Gasteiger partial charge in [-0.3, -0.25) is 14.4 Å². The van der Waals surface area contributed by atoms with Gasteiger partial charge in [0.05, 0.1) is 0 Å². The second-order valence-corrected chi connectivity index (χ2v) is 7.07. The lowest BCUT2D eigenvalue weighted by Crippen LogP contribution is -2.27. The van der Waals surface area contributed by atoms with Crippen molar-refractivity contribution in [3.8, 4) is 0 Å². The number of amides is 3. The number of hydrogen-bond acceptors (Lipinski definition) is 3. The third kappa shape index (κ3) is 4.76. The van der Waals surface area contributed by atoms with Gasteiger partial charge in [-0.1, -0.05) is 17.7 Å². The van der Waals surface area contributed by atoms with E-state index in [-0.39, 0.29) is 30.7 Å². The van der Waals surface area contributed by atoms with Gasteiger partial charge in [0.15, 0.2) is 0 Å². The van der Waals surface area contributed by atoms with E-state index in [4.69, 9.17) is 0 Å². The van der Waals surface area contributed by atoms with Crippen LogP contribution in [0.4, 0.5) is 11.4 Å². The molecule has 6 heteroatoms. The molecular weight excluding hydrogens is 354 g/mol. The number of aryl methyl sites for hydroxylation is 2. The van der Waals surface area contributed by atoms with Gasteiger partial charge in [-0.15, -0.1) is 0 Å². The fourth-order valence-electron chi connectivity index (χ4n) is 3.34. The minimum Gasteiger partial charge on any atom is -0.352 e. The van der Waals surface area contributed by atoms with Crippen molar-refractivity contribution < 1.29 is 14.4 Å². The zero-order valence-corrected chi connectivity index (χ0v) is 16.2. The smallest absolute Gasteiger partial charge is 0.251 e. The molecule has 0 bridgehead atoms. The highest BCUT2D eigenvalue weighted by molar-refractivity contribution is 5.97. The van der Waals surface area contributed by atoms with Crippen molar-refractivity contribution in [2.24, 2.45) is 0 Å². The van der Waals surface area contributed by atoms with Crippen molar-refractivity contribution in [2.45, 2.75) is 33.1 Å². The summed E-state index contributed by atoms with van der Waals surface area (Å²) in [6, 6.07) is 12.9. The first-order valence-corrected chi connectivity index (χ1v) is 9.50. The molecule has 1 aliphatic rings. The van der Waals surface area contributed by atoms with Crippen molar-refractivity contribution in [1.29, 1.82) is 0 Å². The van der Waals surface area contributed by atoms with E-state index in [1.54, 1.807) is 17.0 Å². The van der Waals surface area contributed by atoms with Gasteiger partial charge < -0.3 is 15.5 Å². The average Bonchev–Trinajstić information content (AvgIpc) is 3.07. The van der Waals surface area contributed by atoms with Gasteiger partial charge in [0, 0.05) is 42.9 Å². The quantitative estimate of drug-likeness (QED) is 0.809. The van der Waals surface area contributed by atoms with Crippen molar-refractivity contribution in [1.82, 2.24) is 5.32 Å². The van der Waals surface area contributed by atoms with Crippen molar-refractivity contribution in [2.75, 3.05) is 23.3 Å². The number of carbonyl (C=O) groups is 3. The van der Waals surface area contributed by atoms with Crippen LogP contribution in [0.25, 0.3) is 0 Å². The van der Waals surface area contributed by atoms with Gasteiger partial charge in [-0.2, -0.15) is 0 Å². The van der Waals surface area contributed by atoms with Crippen molar-refractivity contribution in [3.05, 3.63) is 59.2 Å². The van der Waals surface area contributed by atoms with Crippen LogP contribution in [0.3, 0.4) is 0 Å². The SMILES string of the molecule is Cc1cccc(C(=O)NCCC(=O)Nc2ccc(N3CCCC3=O)c(C)c2)c1. The number of nitrogens with one attached hydrogen (secondary N) is 2. The summed E-state index contributed by atoms with van der Waals surface area (Å²) >= 11 is 0. The number of rotatable bonds is 6. The number of benzene rings is 2. The molecule has 1 saturated heterocycles. The average molecular weight is 379 g/mol. The summed E-state index contributed by atoms with van der Waals surface area (Å²) in [6.45, 7) is 4.86. The molecule has 28 heavy (non-hydrogen) atoms. The number of anilines is 2. The first-order valence-electron chi connectivity index (χ1n) is 9.50. The van der Waals surface area contributed by atoms with Crippen LogP contribution in [-0.4, -0.2) is 30.8 Å². The first kappa shape index (κ1) is 19.6. The molecule has 3 rings (SSSR count). The Labute approximate surface area is 164 Å². The van der Waals surface area contributed by atoms with Gasteiger partial charge in [-0.25, -0.2) is 0 Å². The van der Waals surface area contributed by atoms with Gasteiger partial charge >= 0.3 is 0 Å². The van der Waals surface area contributed by atoms with E-state index in [9.17, 15) is 14.4 Å². The van der Waals surface area contributed by atoms with Crippen LogP contribution < -0.4 is 15.5 Å². The summed E-state index contributed by atoms with van der Waals surface area (Å²) < 4.78 is 0.